The van der Waals surface area contributed by atoms with Crippen LogP contribution in [0, 0.1) is 11.8 Å². The van der Waals surface area contributed by atoms with Crippen LogP contribution in [-0.4, -0.2) is 105 Å². The average Bonchev–Trinajstić information content (AvgIpc) is 3.64. The van der Waals surface area contributed by atoms with E-state index in [-0.39, 0.29) is 6.42 Å². The molecule has 1 heterocycles. The van der Waals surface area contributed by atoms with Gasteiger partial charge in [-0.3, -0.25) is 38.4 Å². The second-order valence-electron chi connectivity index (χ2n) is 17.7. The SMILES string of the molecule is CC[C@H](C)[C@H](NC(=O)[C@H](CC(=O)O)NC(=O)[C@H](CC(N)=O)NC(=O)[C@H](NC(C)=O)C1c2ccccc2CCc2ccccc21)C(=O)N[C@H](C(=O)N[C@@H](Cc1c[nH]c2ccccc12)C(=O)O)[C@@H](C)CC. The number of nitrogens with one attached hydrogen (secondary N) is 7. The van der Waals surface area contributed by atoms with E-state index >= 15 is 0 Å². The maximum Gasteiger partial charge on any atom is 0.326 e. The molecule has 5 rings (SSSR count). The molecule has 368 valence electrons. The van der Waals surface area contributed by atoms with Crippen LogP contribution in [0.5, 0.6) is 0 Å². The Morgan fingerprint density at radius 2 is 1.10 bits per heavy atom. The van der Waals surface area contributed by atoms with E-state index in [1.807, 2.05) is 54.6 Å². The molecular formula is C50H62N8O11. The zero-order valence-electron chi connectivity index (χ0n) is 39.3. The fraction of sp³-hybridized carbons (Fsp3) is 0.420. The summed E-state index contributed by atoms with van der Waals surface area (Å²) in [6.07, 6.45) is 1.77. The summed E-state index contributed by atoms with van der Waals surface area (Å²) in [5.41, 5.74) is 10.3. The van der Waals surface area contributed by atoms with Crippen LogP contribution in [0.1, 0.15) is 94.0 Å². The molecule has 1 aliphatic rings. The highest BCUT2D eigenvalue weighted by molar-refractivity contribution is 5.99. The number of benzene rings is 3. The summed E-state index contributed by atoms with van der Waals surface area (Å²) in [7, 11) is 0. The van der Waals surface area contributed by atoms with E-state index in [1.54, 1.807) is 52.1 Å². The molecule has 1 aliphatic carbocycles. The molecule has 0 unspecified atom stereocenters. The Morgan fingerprint density at radius 3 is 1.64 bits per heavy atom. The number of fused-ring (bicyclic) bond motifs is 3. The minimum absolute atomic E-state index is 0.0715. The summed E-state index contributed by atoms with van der Waals surface area (Å²) in [6, 6.07) is 13.2. The molecule has 8 atom stereocenters. The number of nitrogens with two attached hydrogens (primary N) is 1. The Morgan fingerprint density at radius 1 is 0.623 bits per heavy atom. The molecule has 0 aliphatic heterocycles. The summed E-state index contributed by atoms with van der Waals surface area (Å²) < 4.78 is 0. The third-order valence-electron chi connectivity index (χ3n) is 12.8. The summed E-state index contributed by atoms with van der Waals surface area (Å²) in [4.78, 5) is 123. The number of hydrogen-bond acceptors (Lipinski definition) is 9. The van der Waals surface area contributed by atoms with E-state index in [2.05, 4.69) is 36.9 Å². The fourth-order valence-corrected chi connectivity index (χ4v) is 8.66. The van der Waals surface area contributed by atoms with Gasteiger partial charge >= 0.3 is 11.9 Å². The second kappa shape index (κ2) is 23.9. The number of hydrogen-bond donors (Lipinski definition) is 10. The molecule has 19 heteroatoms. The van der Waals surface area contributed by atoms with Gasteiger partial charge in [-0.05, 0) is 58.6 Å². The Hall–Kier alpha value is -7.57. The van der Waals surface area contributed by atoms with Crippen molar-refractivity contribution < 1.29 is 53.4 Å². The number of aromatic amines is 1. The van der Waals surface area contributed by atoms with Gasteiger partial charge in [0, 0.05) is 36.4 Å². The highest BCUT2D eigenvalue weighted by Gasteiger charge is 2.40. The number of amides is 7. The van der Waals surface area contributed by atoms with Crippen LogP contribution in [0.2, 0.25) is 0 Å². The van der Waals surface area contributed by atoms with Crippen LogP contribution < -0.4 is 37.6 Å². The van der Waals surface area contributed by atoms with E-state index in [1.165, 1.54) is 6.92 Å². The van der Waals surface area contributed by atoms with Crippen molar-refractivity contribution in [1.82, 2.24) is 36.9 Å². The lowest BCUT2D eigenvalue weighted by atomic mass is 9.82. The van der Waals surface area contributed by atoms with E-state index < -0.39 is 120 Å². The van der Waals surface area contributed by atoms with Crippen molar-refractivity contribution in [3.63, 3.8) is 0 Å². The van der Waals surface area contributed by atoms with Crippen molar-refractivity contribution >= 4 is 64.2 Å². The third-order valence-corrected chi connectivity index (χ3v) is 12.8. The van der Waals surface area contributed by atoms with Gasteiger partial charge in [0.2, 0.25) is 41.4 Å². The molecule has 7 amide bonds. The number of aryl methyl sites for hydroxylation is 2. The average molecular weight is 951 g/mol. The highest BCUT2D eigenvalue weighted by Crippen LogP contribution is 2.37. The highest BCUT2D eigenvalue weighted by atomic mass is 16.4. The van der Waals surface area contributed by atoms with Gasteiger partial charge in [-0.1, -0.05) is 107 Å². The van der Waals surface area contributed by atoms with Gasteiger partial charge in [0.15, 0.2) is 0 Å². The number of carbonyl (C=O) groups excluding carboxylic acids is 7. The number of aromatic nitrogens is 1. The predicted octanol–water partition coefficient (Wildman–Crippen LogP) is 2.10. The lowest BCUT2D eigenvalue weighted by molar-refractivity contribution is -0.142. The van der Waals surface area contributed by atoms with Crippen molar-refractivity contribution in [2.75, 3.05) is 0 Å². The molecule has 0 spiro atoms. The van der Waals surface area contributed by atoms with Crippen molar-refractivity contribution in [2.45, 2.75) is 122 Å². The summed E-state index contributed by atoms with van der Waals surface area (Å²) >= 11 is 0. The van der Waals surface area contributed by atoms with Crippen LogP contribution in [0.15, 0.2) is 79.0 Å². The van der Waals surface area contributed by atoms with Gasteiger partial charge in [-0.25, -0.2) is 4.79 Å². The number of rotatable bonds is 23. The fourth-order valence-electron chi connectivity index (χ4n) is 8.66. The molecule has 19 nitrogen and oxygen atoms in total. The van der Waals surface area contributed by atoms with Crippen LogP contribution in [-0.2, 0) is 62.4 Å². The molecule has 69 heavy (non-hydrogen) atoms. The van der Waals surface area contributed by atoms with Crippen molar-refractivity contribution in [3.05, 3.63) is 107 Å². The normalized spacial score (nSPS) is 15.7. The molecule has 0 radical (unpaired) electrons. The molecule has 11 N–H and O–H groups in total. The number of carboxylic acids is 2. The van der Waals surface area contributed by atoms with Gasteiger partial charge in [0.1, 0.15) is 36.3 Å². The quantitative estimate of drug-likeness (QED) is 0.0514. The topological polar surface area (TPSA) is 308 Å². The van der Waals surface area contributed by atoms with Crippen molar-refractivity contribution in [3.8, 4) is 0 Å². The second-order valence-corrected chi connectivity index (χ2v) is 17.7. The number of H-pyrrole nitrogens is 1. The summed E-state index contributed by atoms with van der Waals surface area (Å²) in [5, 5.41) is 36.1. The van der Waals surface area contributed by atoms with E-state index in [0.29, 0.717) is 31.2 Å². The van der Waals surface area contributed by atoms with Crippen LogP contribution in [0.25, 0.3) is 10.9 Å². The molecule has 0 saturated heterocycles. The first-order valence-corrected chi connectivity index (χ1v) is 23.1. The molecule has 1 aromatic heterocycles. The molecular weight excluding hydrogens is 889 g/mol. The molecule has 3 aromatic carbocycles. The predicted molar refractivity (Wildman–Crippen MR) is 254 cm³/mol. The molecule has 0 bridgehead atoms. The van der Waals surface area contributed by atoms with Gasteiger partial charge in [-0.15, -0.1) is 0 Å². The van der Waals surface area contributed by atoms with Crippen LogP contribution >= 0.6 is 0 Å². The van der Waals surface area contributed by atoms with E-state index in [9.17, 15) is 53.4 Å². The van der Waals surface area contributed by atoms with E-state index in [4.69, 9.17) is 5.73 Å². The van der Waals surface area contributed by atoms with Gasteiger partial charge < -0.3 is 52.8 Å². The lowest BCUT2D eigenvalue weighted by Gasteiger charge is -2.31. The van der Waals surface area contributed by atoms with Gasteiger partial charge in [0.25, 0.3) is 0 Å². The standard InChI is InChI=1S/C50H62N8O11/c1-6-26(3)42(47(65)56-38(50(68)69)22-31-25-52-35-19-13-12-16-32(31)35)58-48(66)43(27(4)7-2)57-46(64)37(24-40(61)62)54-45(63)36(23-39(51)60)55-49(67)44(53-28(5)59)41-33-17-10-8-14-29(33)20-21-30-15-9-11-18-34(30)41/h8-19,25-27,36-38,41-44,52H,6-7,20-24H2,1-5H3,(H2,51,60)(H,53,59)(H,54,63)(H,55,67)(H,56,65)(H,57,64)(H,58,66)(H,61,62)(H,68,69)/t26-,27-,36-,37-,38-,42-,43-,44+/m0/s1. The first-order valence-electron chi connectivity index (χ1n) is 23.1. The number of carboxylic acid groups (broad SMARTS) is 2. The first-order chi connectivity index (χ1) is 32.8. The van der Waals surface area contributed by atoms with Gasteiger partial charge in [0.05, 0.1) is 12.8 Å². The van der Waals surface area contributed by atoms with Gasteiger partial charge in [-0.2, -0.15) is 0 Å². The van der Waals surface area contributed by atoms with Crippen LogP contribution in [0.4, 0.5) is 0 Å². The van der Waals surface area contributed by atoms with Crippen LogP contribution in [0.3, 0.4) is 0 Å². The Labute approximate surface area is 399 Å². The number of primary amides is 1. The summed E-state index contributed by atoms with van der Waals surface area (Å²) in [6.45, 7) is 8.04. The monoisotopic (exact) mass is 950 g/mol. The maximum absolute atomic E-state index is 14.4. The van der Waals surface area contributed by atoms with E-state index in [0.717, 1.165) is 33.2 Å². The third kappa shape index (κ3) is 13.5. The maximum atomic E-state index is 14.4. The molecule has 0 saturated carbocycles. The van der Waals surface area contributed by atoms with Crippen molar-refractivity contribution in [1.29, 1.82) is 0 Å². The minimum atomic E-state index is -1.87. The Kier molecular flexibility index (Phi) is 18.2. The minimum Gasteiger partial charge on any atom is -0.481 e. The zero-order chi connectivity index (χ0) is 50.5. The number of carbonyl (C=O) groups is 9. The smallest absolute Gasteiger partial charge is 0.326 e. The summed E-state index contributed by atoms with van der Waals surface area (Å²) in [5.74, 6) is -11.1. The first kappa shape index (κ1) is 52.4. The van der Waals surface area contributed by atoms with Crippen molar-refractivity contribution in [2.24, 2.45) is 17.6 Å². The largest absolute Gasteiger partial charge is 0.481 e. The number of para-hydroxylation sites is 1. The molecule has 4 aromatic rings. The Bertz CT molecular complexity index is 2510. The number of aliphatic carboxylic acids is 2. The lowest BCUT2D eigenvalue weighted by Crippen LogP contribution is -2.62. The zero-order valence-corrected chi connectivity index (χ0v) is 39.3. The molecule has 0 fully saturated rings. The Balaban J connectivity index is 1.36.